The lowest BCUT2D eigenvalue weighted by Gasteiger charge is -2.33. The number of rotatable bonds is 12. The zero-order valence-electron chi connectivity index (χ0n) is 21.9. The van der Waals surface area contributed by atoms with Crippen LogP contribution in [0, 0.1) is 6.92 Å². The summed E-state index contributed by atoms with van der Waals surface area (Å²) in [5.74, 6) is -0.777. The Morgan fingerprint density at radius 1 is 0.921 bits per heavy atom. The summed E-state index contributed by atoms with van der Waals surface area (Å²) in [6, 6.07) is 22.6. The van der Waals surface area contributed by atoms with Crippen molar-refractivity contribution < 1.29 is 18.0 Å². The summed E-state index contributed by atoms with van der Waals surface area (Å²) in [4.78, 5) is 28.9. The minimum atomic E-state index is -3.80. The molecule has 0 aliphatic carbocycles. The maximum Gasteiger partial charge on any atom is 0.244 e. The third-order valence-electron chi connectivity index (χ3n) is 6.15. The number of carbonyl (C=O) groups is 2. The van der Waals surface area contributed by atoms with E-state index in [0.717, 1.165) is 33.7 Å². The topological polar surface area (TPSA) is 86.8 Å². The largest absolute Gasteiger partial charge is 0.354 e. The van der Waals surface area contributed by atoms with Crippen LogP contribution >= 0.6 is 11.6 Å². The van der Waals surface area contributed by atoms with Gasteiger partial charge in [-0.25, -0.2) is 8.42 Å². The average Bonchev–Trinajstić information content (AvgIpc) is 2.89. The summed E-state index contributed by atoms with van der Waals surface area (Å²) in [7, 11) is -3.80. The van der Waals surface area contributed by atoms with E-state index in [4.69, 9.17) is 11.6 Å². The number of benzene rings is 3. The van der Waals surface area contributed by atoms with Crippen LogP contribution < -0.4 is 9.62 Å². The first kappa shape index (κ1) is 29.2. The first-order valence-corrected chi connectivity index (χ1v) is 14.7. The summed E-state index contributed by atoms with van der Waals surface area (Å²) in [6.07, 6.45) is 2.09. The minimum absolute atomic E-state index is 0.110. The molecule has 0 aliphatic heterocycles. The third kappa shape index (κ3) is 8.07. The number of hydrogen-bond acceptors (Lipinski definition) is 4. The lowest BCUT2D eigenvalue weighted by atomic mass is 10.0. The number of nitrogens with one attached hydrogen (secondary N) is 1. The van der Waals surface area contributed by atoms with Crippen molar-refractivity contribution >= 4 is 39.1 Å². The molecule has 0 fully saturated rings. The molecule has 0 radical (unpaired) electrons. The SMILES string of the molecule is CCCNC(=O)[C@H](Cc1ccccc1)N(Cc1ccc(Cl)cc1)C(=O)CN(c1ccccc1C)S(C)(=O)=O. The molecule has 0 aromatic heterocycles. The molecule has 0 saturated carbocycles. The number of anilines is 1. The Morgan fingerprint density at radius 2 is 1.55 bits per heavy atom. The molecule has 3 rings (SSSR count). The number of halogens is 1. The minimum Gasteiger partial charge on any atom is -0.354 e. The van der Waals surface area contributed by atoms with Gasteiger partial charge in [0.05, 0.1) is 11.9 Å². The monoisotopic (exact) mass is 555 g/mol. The van der Waals surface area contributed by atoms with Crippen molar-refractivity contribution in [1.82, 2.24) is 10.2 Å². The van der Waals surface area contributed by atoms with Crippen molar-refractivity contribution in [1.29, 1.82) is 0 Å². The van der Waals surface area contributed by atoms with Gasteiger partial charge in [-0.15, -0.1) is 0 Å². The van der Waals surface area contributed by atoms with Crippen LogP contribution in [0.4, 0.5) is 5.69 Å². The molecule has 0 saturated heterocycles. The van der Waals surface area contributed by atoms with Gasteiger partial charge in [-0.05, 0) is 48.2 Å². The first-order valence-electron chi connectivity index (χ1n) is 12.5. The lowest BCUT2D eigenvalue weighted by molar-refractivity contribution is -0.140. The van der Waals surface area contributed by atoms with Gasteiger partial charge in [0.1, 0.15) is 12.6 Å². The highest BCUT2D eigenvalue weighted by Crippen LogP contribution is 2.23. The highest BCUT2D eigenvalue weighted by Gasteiger charge is 2.33. The Morgan fingerprint density at radius 3 is 2.16 bits per heavy atom. The van der Waals surface area contributed by atoms with E-state index in [2.05, 4.69) is 5.32 Å². The second kappa shape index (κ2) is 13.4. The van der Waals surface area contributed by atoms with E-state index >= 15 is 0 Å². The molecule has 0 aliphatic rings. The molecule has 7 nitrogen and oxygen atoms in total. The Hall–Kier alpha value is -3.36. The van der Waals surface area contributed by atoms with E-state index < -0.39 is 28.5 Å². The fourth-order valence-corrected chi connectivity index (χ4v) is 5.18. The Kier molecular flexibility index (Phi) is 10.3. The zero-order valence-corrected chi connectivity index (χ0v) is 23.5. The fraction of sp³-hybridized carbons (Fsp3) is 0.310. The Bertz CT molecular complexity index is 1330. The molecule has 1 atom stereocenters. The van der Waals surface area contributed by atoms with Gasteiger partial charge in [0, 0.05) is 24.5 Å². The number of nitrogens with zero attached hydrogens (tertiary/aromatic N) is 2. The van der Waals surface area contributed by atoms with Gasteiger partial charge in [0.2, 0.25) is 21.8 Å². The predicted molar refractivity (Wildman–Crippen MR) is 153 cm³/mol. The van der Waals surface area contributed by atoms with Crippen molar-refractivity contribution in [2.24, 2.45) is 0 Å². The van der Waals surface area contributed by atoms with Crippen LogP contribution in [0.5, 0.6) is 0 Å². The molecule has 0 bridgehead atoms. The molecule has 3 aromatic carbocycles. The summed E-state index contributed by atoms with van der Waals surface area (Å²) in [6.45, 7) is 3.88. The molecule has 0 unspecified atom stereocenters. The summed E-state index contributed by atoms with van der Waals surface area (Å²) in [5, 5.41) is 3.47. The van der Waals surface area contributed by atoms with Crippen LogP contribution in [0.1, 0.15) is 30.0 Å². The van der Waals surface area contributed by atoms with Gasteiger partial charge in [-0.2, -0.15) is 0 Å². The van der Waals surface area contributed by atoms with Crippen LogP contribution in [0.3, 0.4) is 0 Å². The Labute approximate surface area is 230 Å². The number of carbonyl (C=O) groups excluding carboxylic acids is 2. The highest BCUT2D eigenvalue weighted by molar-refractivity contribution is 7.92. The quantitative estimate of drug-likeness (QED) is 0.354. The van der Waals surface area contributed by atoms with Crippen molar-refractivity contribution in [3.8, 4) is 0 Å². The lowest BCUT2D eigenvalue weighted by Crippen LogP contribution is -2.53. The summed E-state index contributed by atoms with van der Waals surface area (Å²) >= 11 is 6.07. The van der Waals surface area contributed by atoms with Crippen LogP contribution in [0.15, 0.2) is 78.9 Å². The zero-order chi connectivity index (χ0) is 27.7. The standard InChI is InChI=1S/C29H34ClN3O4S/c1-4-18-31-29(35)27(19-23-11-6-5-7-12-23)32(20-24-14-16-25(30)17-15-24)28(34)21-33(38(3,36)37)26-13-9-8-10-22(26)2/h5-17,27H,4,18-21H2,1-3H3,(H,31,35)/t27-/m0/s1. The second-order valence-corrected chi connectivity index (χ2v) is 11.5. The maximum absolute atomic E-state index is 14.0. The van der Waals surface area contributed by atoms with E-state index in [9.17, 15) is 18.0 Å². The van der Waals surface area contributed by atoms with Gasteiger partial charge in [0.15, 0.2) is 0 Å². The maximum atomic E-state index is 14.0. The van der Waals surface area contributed by atoms with E-state index in [0.29, 0.717) is 17.3 Å². The number of sulfonamides is 1. The predicted octanol–water partition coefficient (Wildman–Crippen LogP) is 4.58. The van der Waals surface area contributed by atoms with E-state index in [1.165, 1.54) is 4.90 Å². The summed E-state index contributed by atoms with van der Waals surface area (Å²) in [5.41, 5.74) is 2.80. The van der Waals surface area contributed by atoms with Crippen LogP contribution in [-0.4, -0.2) is 50.5 Å². The fourth-order valence-electron chi connectivity index (χ4n) is 4.14. The van der Waals surface area contributed by atoms with Crippen LogP contribution in [0.2, 0.25) is 5.02 Å². The number of para-hydroxylation sites is 1. The van der Waals surface area contributed by atoms with Crippen molar-refractivity contribution in [2.45, 2.75) is 39.3 Å². The van der Waals surface area contributed by atoms with Crippen LogP contribution in [-0.2, 0) is 32.6 Å². The van der Waals surface area contributed by atoms with Crippen LogP contribution in [0.25, 0.3) is 0 Å². The molecule has 1 N–H and O–H groups in total. The molecular formula is C29H34ClN3O4S. The normalized spacial score (nSPS) is 12.0. The van der Waals surface area contributed by atoms with Gasteiger partial charge in [0.25, 0.3) is 0 Å². The average molecular weight is 556 g/mol. The number of amides is 2. The molecule has 9 heteroatoms. The van der Waals surface area contributed by atoms with Gasteiger partial charge < -0.3 is 10.2 Å². The molecule has 0 spiro atoms. The summed E-state index contributed by atoms with van der Waals surface area (Å²) < 4.78 is 26.8. The molecule has 3 aromatic rings. The third-order valence-corrected chi connectivity index (χ3v) is 7.53. The smallest absolute Gasteiger partial charge is 0.244 e. The van der Waals surface area contributed by atoms with Gasteiger partial charge in [-0.1, -0.05) is 79.2 Å². The second-order valence-electron chi connectivity index (χ2n) is 9.20. The van der Waals surface area contributed by atoms with E-state index in [-0.39, 0.29) is 18.9 Å². The number of aryl methyl sites for hydroxylation is 1. The molecular weight excluding hydrogens is 522 g/mol. The highest BCUT2D eigenvalue weighted by atomic mass is 35.5. The Balaban J connectivity index is 2.04. The van der Waals surface area contributed by atoms with E-state index in [1.807, 2.05) is 43.3 Å². The molecule has 2 amide bonds. The van der Waals surface area contributed by atoms with Crippen molar-refractivity contribution in [3.05, 3.63) is 101 Å². The molecule has 38 heavy (non-hydrogen) atoms. The van der Waals surface area contributed by atoms with Crippen molar-refractivity contribution in [2.75, 3.05) is 23.7 Å². The van der Waals surface area contributed by atoms with Gasteiger partial charge in [-0.3, -0.25) is 13.9 Å². The number of hydrogen-bond donors (Lipinski definition) is 1. The molecule has 0 heterocycles. The molecule has 202 valence electrons. The van der Waals surface area contributed by atoms with E-state index in [1.54, 1.807) is 49.4 Å². The van der Waals surface area contributed by atoms with Gasteiger partial charge >= 0.3 is 0 Å². The van der Waals surface area contributed by atoms with Crippen molar-refractivity contribution in [3.63, 3.8) is 0 Å². The first-order chi connectivity index (χ1) is 18.1.